The van der Waals surface area contributed by atoms with Gasteiger partial charge in [0.05, 0.1) is 6.10 Å². The number of hydrogen-bond acceptors (Lipinski definition) is 2. The van der Waals surface area contributed by atoms with Crippen LogP contribution in [0.3, 0.4) is 0 Å². The third-order valence-corrected chi connectivity index (χ3v) is 4.41. The van der Waals surface area contributed by atoms with Gasteiger partial charge in [-0.15, -0.1) is 0 Å². The topological polar surface area (TPSA) is 29.5 Å². The Hall–Kier alpha value is -0.0800. The molecule has 0 amide bonds. The molecular weight excluding hydrogens is 236 g/mol. The second-order valence-corrected chi connectivity index (χ2v) is 6.13. The lowest BCUT2D eigenvalue weighted by Crippen LogP contribution is -2.27. The molecule has 0 spiro atoms. The number of aliphatic hydroxyl groups excluding tert-OH is 1. The summed E-state index contributed by atoms with van der Waals surface area (Å²) in [6.07, 6.45) is 15.2. The van der Waals surface area contributed by atoms with E-state index in [1.54, 1.807) is 0 Å². The normalized spacial score (nSPS) is 18.6. The first kappa shape index (κ1) is 17.0. The fourth-order valence-corrected chi connectivity index (χ4v) is 3.00. The van der Waals surface area contributed by atoms with Gasteiger partial charge >= 0.3 is 0 Å². The summed E-state index contributed by atoms with van der Waals surface area (Å²) in [6.45, 7) is 3.96. The summed E-state index contributed by atoms with van der Waals surface area (Å²) in [4.78, 5) is 0. The minimum absolute atomic E-state index is 0.0755. The Labute approximate surface area is 119 Å². The van der Waals surface area contributed by atoms with E-state index in [0.29, 0.717) is 5.92 Å². The molecule has 2 heteroatoms. The smallest absolute Gasteiger partial charge is 0.0570 e. The van der Waals surface area contributed by atoms with E-state index < -0.39 is 0 Å². The van der Waals surface area contributed by atoms with Crippen molar-refractivity contribution in [3.63, 3.8) is 0 Å². The first-order chi connectivity index (χ1) is 9.34. The van der Waals surface area contributed by atoms with Crippen molar-refractivity contribution in [3.05, 3.63) is 0 Å². The Kier molecular flexibility index (Phi) is 10.5. The molecule has 0 bridgehead atoms. The Balaban J connectivity index is 1.84. The van der Waals surface area contributed by atoms with Crippen molar-refractivity contribution in [2.45, 2.75) is 90.1 Å². The van der Waals surface area contributed by atoms with E-state index in [9.17, 15) is 5.11 Å². The fraction of sp³-hybridized carbons (Fsp3) is 1.00. The molecule has 114 valence electrons. The van der Waals surface area contributed by atoms with Gasteiger partial charge < -0.3 is 9.84 Å². The number of unbranched alkanes of at least 4 members (excludes halogenated alkanes) is 8. The van der Waals surface area contributed by atoms with Crippen molar-refractivity contribution in [3.8, 4) is 0 Å². The van der Waals surface area contributed by atoms with Gasteiger partial charge in [-0.3, -0.25) is 0 Å². The van der Waals surface area contributed by atoms with Crippen LogP contribution < -0.4 is 0 Å². The van der Waals surface area contributed by atoms with Crippen LogP contribution in [0.2, 0.25) is 0 Å². The summed E-state index contributed by atoms with van der Waals surface area (Å²) in [7, 11) is 0. The molecule has 0 aromatic carbocycles. The minimum Gasteiger partial charge on any atom is -0.393 e. The van der Waals surface area contributed by atoms with Gasteiger partial charge in [0, 0.05) is 13.2 Å². The van der Waals surface area contributed by atoms with Crippen molar-refractivity contribution in [2.75, 3.05) is 13.2 Å². The highest BCUT2D eigenvalue weighted by atomic mass is 16.5. The molecule has 1 aliphatic heterocycles. The first-order valence-corrected chi connectivity index (χ1v) is 8.60. The number of rotatable bonds is 11. The molecule has 1 heterocycles. The third kappa shape index (κ3) is 8.65. The Morgan fingerprint density at radius 1 is 0.895 bits per heavy atom. The van der Waals surface area contributed by atoms with Gasteiger partial charge in [-0.25, -0.2) is 0 Å². The van der Waals surface area contributed by atoms with Crippen molar-refractivity contribution in [1.29, 1.82) is 0 Å². The largest absolute Gasteiger partial charge is 0.393 e. The average molecular weight is 270 g/mol. The Morgan fingerprint density at radius 3 is 2.00 bits per heavy atom. The summed E-state index contributed by atoms with van der Waals surface area (Å²) < 4.78 is 5.34. The lowest BCUT2D eigenvalue weighted by molar-refractivity contribution is 0.00408. The monoisotopic (exact) mass is 270 g/mol. The predicted molar refractivity (Wildman–Crippen MR) is 81.4 cm³/mol. The van der Waals surface area contributed by atoms with Gasteiger partial charge in [0.15, 0.2) is 0 Å². The number of hydrogen-bond donors (Lipinski definition) is 1. The standard InChI is InChI=1S/C17H34O2/c1-2-3-4-5-6-7-8-9-10-11-17(18)16-12-14-19-15-13-16/h16-18H,2-15H2,1H3. The van der Waals surface area contributed by atoms with E-state index in [4.69, 9.17) is 4.74 Å². The lowest BCUT2D eigenvalue weighted by Gasteiger charge is -2.26. The Bertz CT molecular complexity index is 188. The lowest BCUT2D eigenvalue weighted by atomic mass is 9.90. The van der Waals surface area contributed by atoms with Crippen LogP contribution in [0.5, 0.6) is 0 Å². The second-order valence-electron chi connectivity index (χ2n) is 6.13. The van der Waals surface area contributed by atoms with Gasteiger partial charge in [0.2, 0.25) is 0 Å². The zero-order valence-corrected chi connectivity index (χ0v) is 12.9. The molecule has 19 heavy (non-hydrogen) atoms. The van der Waals surface area contributed by atoms with Gasteiger partial charge in [-0.05, 0) is 25.2 Å². The van der Waals surface area contributed by atoms with Crippen LogP contribution in [0.4, 0.5) is 0 Å². The van der Waals surface area contributed by atoms with E-state index in [1.165, 1.54) is 57.8 Å². The SMILES string of the molecule is CCCCCCCCCCCC(O)C1CCOCC1. The van der Waals surface area contributed by atoms with Crippen molar-refractivity contribution < 1.29 is 9.84 Å². The van der Waals surface area contributed by atoms with E-state index in [0.717, 1.165) is 32.5 Å². The molecule has 2 nitrogen and oxygen atoms in total. The second kappa shape index (κ2) is 11.7. The van der Waals surface area contributed by atoms with Crippen molar-refractivity contribution in [2.24, 2.45) is 5.92 Å². The minimum atomic E-state index is -0.0755. The maximum Gasteiger partial charge on any atom is 0.0570 e. The maximum atomic E-state index is 10.1. The highest BCUT2D eigenvalue weighted by Crippen LogP contribution is 2.22. The molecule has 1 saturated heterocycles. The molecule has 0 radical (unpaired) electrons. The summed E-state index contributed by atoms with van der Waals surface area (Å²) in [5, 5.41) is 10.1. The van der Waals surface area contributed by atoms with Crippen LogP contribution in [-0.4, -0.2) is 24.4 Å². The molecule has 1 rings (SSSR count). The maximum absolute atomic E-state index is 10.1. The third-order valence-electron chi connectivity index (χ3n) is 4.41. The van der Waals surface area contributed by atoms with Crippen molar-refractivity contribution >= 4 is 0 Å². The van der Waals surface area contributed by atoms with E-state index in [2.05, 4.69) is 6.92 Å². The van der Waals surface area contributed by atoms with Gasteiger partial charge in [0.1, 0.15) is 0 Å². The van der Waals surface area contributed by atoms with Gasteiger partial charge in [0.25, 0.3) is 0 Å². The molecule has 1 fully saturated rings. The Morgan fingerprint density at radius 2 is 1.42 bits per heavy atom. The van der Waals surface area contributed by atoms with E-state index in [-0.39, 0.29) is 6.10 Å². The molecule has 1 unspecified atom stereocenters. The van der Waals surface area contributed by atoms with Crippen LogP contribution in [0.25, 0.3) is 0 Å². The zero-order chi connectivity index (χ0) is 13.8. The van der Waals surface area contributed by atoms with Crippen molar-refractivity contribution in [1.82, 2.24) is 0 Å². The molecule has 0 aliphatic carbocycles. The van der Waals surface area contributed by atoms with Gasteiger partial charge in [-0.1, -0.05) is 64.7 Å². The predicted octanol–water partition coefficient (Wildman–Crippen LogP) is 4.69. The molecule has 1 aliphatic rings. The van der Waals surface area contributed by atoms with E-state index in [1.807, 2.05) is 0 Å². The average Bonchev–Trinajstić information content (AvgIpc) is 2.46. The number of ether oxygens (including phenoxy) is 1. The fourth-order valence-electron chi connectivity index (χ4n) is 3.00. The molecule has 0 aromatic heterocycles. The molecule has 0 saturated carbocycles. The van der Waals surface area contributed by atoms with Crippen LogP contribution in [0.1, 0.15) is 84.0 Å². The molecular formula is C17H34O2. The van der Waals surface area contributed by atoms with Crippen LogP contribution >= 0.6 is 0 Å². The zero-order valence-electron chi connectivity index (χ0n) is 12.9. The van der Waals surface area contributed by atoms with Crippen LogP contribution in [0, 0.1) is 5.92 Å². The summed E-state index contributed by atoms with van der Waals surface area (Å²) >= 11 is 0. The van der Waals surface area contributed by atoms with Gasteiger partial charge in [-0.2, -0.15) is 0 Å². The summed E-state index contributed by atoms with van der Waals surface area (Å²) in [5.41, 5.74) is 0. The highest BCUT2D eigenvalue weighted by Gasteiger charge is 2.21. The number of aliphatic hydroxyl groups is 1. The highest BCUT2D eigenvalue weighted by molar-refractivity contribution is 4.71. The molecule has 1 N–H and O–H groups in total. The summed E-state index contributed by atoms with van der Waals surface area (Å²) in [6, 6.07) is 0. The first-order valence-electron chi connectivity index (χ1n) is 8.60. The summed E-state index contributed by atoms with van der Waals surface area (Å²) in [5.74, 6) is 0.503. The quantitative estimate of drug-likeness (QED) is 0.552. The molecule has 0 aromatic rings. The molecule has 1 atom stereocenters. The van der Waals surface area contributed by atoms with Crippen LogP contribution in [0.15, 0.2) is 0 Å². The van der Waals surface area contributed by atoms with Crippen LogP contribution in [-0.2, 0) is 4.74 Å². The van der Waals surface area contributed by atoms with E-state index >= 15 is 0 Å².